The molecule has 0 saturated carbocycles. The van der Waals surface area contributed by atoms with E-state index in [4.69, 9.17) is 0 Å². The smallest absolute Gasteiger partial charge is 0.139 e. The molecule has 1 fully saturated rings. The number of nitrogens with one attached hydrogen (secondary N) is 3. The minimum atomic E-state index is -2.41. The summed E-state index contributed by atoms with van der Waals surface area (Å²) < 4.78 is 12.8. The summed E-state index contributed by atoms with van der Waals surface area (Å²) in [4.78, 5) is 10.4. The van der Waals surface area contributed by atoms with Crippen LogP contribution in [0.1, 0.15) is 12.8 Å². The van der Waals surface area contributed by atoms with Crippen LogP contribution in [0.5, 0.6) is 0 Å². The Hall–Kier alpha value is -3.08. The molecule has 0 radical (unpaired) electrons. The van der Waals surface area contributed by atoms with Crippen LogP contribution in [0.4, 0.5) is 17.1 Å². The van der Waals surface area contributed by atoms with Gasteiger partial charge in [-0.2, -0.15) is 0 Å². The van der Waals surface area contributed by atoms with Gasteiger partial charge in [0.1, 0.15) is 12.8 Å². The lowest BCUT2D eigenvalue weighted by Gasteiger charge is -2.30. The molecule has 1 unspecified atom stereocenters. The van der Waals surface area contributed by atoms with Crippen LogP contribution in [-0.4, -0.2) is 54.4 Å². The van der Waals surface area contributed by atoms with E-state index in [9.17, 15) is 4.57 Å². The van der Waals surface area contributed by atoms with Crippen LogP contribution in [0, 0.1) is 0 Å². The molecule has 0 amide bonds. The molecule has 0 aliphatic carbocycles. The number of nitrogens with zero attached hydrogens (tertiary/aromatic N) is 2. The number of piperidine rings is 1. The van der Waals surface area contributed by atoms with E-state index in [2.05, 4.69) is 62.9 Å². The number of fused-ring (bicyclic) bond motifs is 1. The molecule has 3 N–H and O–H groups in total. The third-order valence-corrected chi connectivity index (χ3v) is 8.03. The van der Waals surface area contributed by atoms with E-state index in [0.717, 1.165) is 51.2 Å². The van der Waals surface area contributed by atoms with Crippen LogP contribution in [0.25, 0.3) is 22.3 Å². The number of benzene rings is 2. The third-order valence-electron chi connectivity index (χ3n) is 6.48. The fourth-order valence-corrected chi connectivity index (χ4v) is 5.91. The maximum absolute atomic E-state index is 12.8. The molecule has 2 aromatic heterocycles. The van der Waals surface area contributed by atoms with Gasteiger partial charge in [-0.25, -0.2) is 4.98 Å². The average Bonchev–Trinajstić information content (AvgIpc) is 3.25. The first-order chi connectivity index (χ1) is 16.4. The lowest BCUT2D eigenvalue weighted by atomic mass is 10.1. The Morgan fingerprint density at radius 1 is 1.06 bits per heavy atom. The van der Waals surface area contributed by atoms with Crippen molar-refractivity contribution < 1.29 is 4.57 Å². The summed E-state index contributed by atoms with van der Waals surface area (Å²) in [6.07, 6.45) is 4.24. The maximum Gasteiger partial charge on any atom is 0.139 e. The predicted octanol–water partition coefficient (Wildman–Crippen LogP) is 5.73. The van der Waals surface area contributed by atoms with Crippen LogP contribution < -0.4 is 15.9 Å². The first kappa shape index (κ1) is 22.7. The van der Waals surface area contributed by atoms with Crippen molar-refractivity contribution in [1.82, 2.24) is 14.9 Å². The van der Waals surface area contributed by atoms with E-state index < -0.39 is 7.14 Å². The molecule has 1 aliphatic heterocycles. The van der Waals surface area contributed by atoms with E-state index in [1.165, 1.54) is 19.4 Å². The monoisotopic (exact) mass is 473 g/mol. The van der Waals surface area contributed by atoms with Crippen molar-refractivity contribution >= 4 is 40.5 Å². The van der Waals surface area contributed by atoms with Crippen molar-refractivity contribution in [2.45, 2.75) is 18.9 Å². The number of hydrogen-bond acceptors (Lipinski definition) is 5. The van der Waals surface area contributed by atoms with Gasteiger partial charge in [0.25, 0.3) is 0 Å². The maximum atomic E-state index is 12.8. The van der Waals surface area contributed by atoms with Gasteiger partial charge >= 0.3 is 0 Å². The van der Waals surface area contributed by atoms with Gasteiger partial charge in [-0.1, -0.05) is 24.3 Å². The minimum Gasteiger partial charge on any atom is -0.381 e. The van der Waals surface area contributed by atoms with E-state index in [1.54, 1.807) is 19.5 Å². The first-order valence-electron chi connectivity index (χ1n) is 11.8. The van der Waals surface area contributed by atoms with Crippen molar-refractivity contribution in [3.05, 3.63) is 66.9 Å². The zero-order valence-electron chi connectivity index (χ0n) is 20.0. The topological polar surface area (TPSA) is 73.0 Å². The zero-order valence-corrected chi connectivity index (χ0v) is 20.9. The SMILES string of the molecule is CN1CCCC(Nc2ccc(-c3cc4c(Nc5ccccc5P(C)(C)=O)ccnc4[nH]3)cc2)C1. The largest absolute Gasteiger partial charge is 0.381 e. The molecule has 176 valence electrons. The van der Waals surface area contributed by atoms with Crippen LogP contribution in [0.2, 0.25) is 0 Å². The van der Waals surface area contributed by atoms with E-state index in [-0.39, 0.29) is 0 Å². The molecule has 1 atom stereocenters. The molecular weight excluding hydrogens is 441 g/mol. The number of anilines is 3. The molecule has 2 aromatic carbocycles. The molecule has 6 nitrogen and oxygen atoms in total. The average molecular weight is 474 g/mol. The molecule has 5 rings (SSSR count). The molecule has 0 spiro atoms. The number of likely N-dealkylation sites (N-methyl/N-ethyl adjacent to an activating group) is 1. The molecule has 7 heteroatoms. The van der Waals surface area contributed by atoms with Crippen molar-refractivity contribution in [2.24, 2.45) is 0 Å². The van der Waals surface area contributed by atoms with Gasteiger partial charge in [-0.05, 0) is 81.7 Å². The number of likely N-dealkylation sites (tertiary alicyclic amines) is 1. The minimum absolute atomic E-state index is 0.500. The van der Waals surface area contributed by atoms with Crippen LogP contribution in [0.15, 0.2) is 66.9 Å². The Labute approximate surface area is 201 Å². The number of aromatic amines is 1. The molecule has 0 bridgehead atoms. The Morgan fingerprint density at radius 3 is 2.62 bits per heavy atom. The van der Waals surface area contributed by atoms with Gasteiger partial charge < -0.3 is 25.1 Å². The van der Waals surface area contributed by atoms with Crippen molar-refractivity contribution in [1.29, 1.82) is 0 Å². The van der Waals surface area contributed by atoms with Crippen LogP contribution in [0.3, 0.4) is 0 Å². The summed E-state index contributed by atoms with van der Waals surface area (Å²) in [7, 11) is -0.226. The Kier molecular flexibility index (Phi) is 6.20. The Bertz CT molecular complexity index is 1340. The Balaban J connectivity index is 1.39. The lowest BCUT2D eigenvalue weighted by molar-refractivity contribution is 0.261. The van der Waals surface area contributed by atoms with Crippen molar-refractivity contribution in [3.8, 4) is 11.3 Å². The quantitative estimate of drug-likeness (QED) is 0.312. The second kappa shape index (κ2) is 9.28. The van der Waals surface area contributed by atoms with Crippen LogP contribution in [-0.2, 0) is 4.57 Å². The van der Waals surface area contributed by atoms with Gasteiger partial charge in [0.15, 0.2) is 0 Å². The van der Waals surface area contributed by atoms with Gasteiger partial charge in [0.05, 0.1) is 5.69 Å². The third kappa shape index (κ3) is 4.89. The highest BCUT2D eigenvalue weighted by Crippen LogP contribution is 2.39. The van der Waals surface area contributed by atoms with Crippen molar-refractivity contribution in [3.63, 3.8) is 0 Å². The summed E-state index contributed by atoms with van der Waals surface area (Å²) in [5, 5.41) is 9.02. The van der Waals surface area contributed by atoms with E-state index in [1.807, 2.05) is 30.3 Å². The summed E-state index contributed by atoms with van der Waals surface area (Å²) in [6.45, 7) is 5.87. The number of aromatic nitrogens is 2. The number of rotatable bonds is 6. The normalized spacial score (nSPS) is 17.1. The summed E-state index contributed by atoms with van der Waals surface area (Å²) in [5.41, 5.74) is 5.91. The highest BCUT2D eigenvalue weighted by atomic mass is 31.2. The fraction of sp³-hybridized carbons (Fsp3) is 0.296. The number of hydrogen-bond donors (Lipinski definition) is 3. The lowest BCUT2D eigenvalue weighted by Crippen LogP contribution is -2.39. The molecule has 1 saturated heterocycles. The second-order valence-electron chi connectivity index (χ2n) is 9.62. The predicted molar refractivity (Wildman–Crippen MR) is 144 cm³/mol. The highest BCUT2D eigenvalue weighted by Gasteiger charge is 2.18. The van der Waals surface area contributed by atoms with Crippen molar-refractivity contribution in [2.75, 3.05) is 44.1 Å². The highest BCUT2D eigenvalue weighted by molar-refractivity contribution is 7.70. The summed E-state index contributed by atoms with van der Waals surface area (Å²) in [5.74, 6) is 0. The van der Waals surface area contributed by atoms with Crippen LogP contribution >= 0.6 is 7.14 Å². The zero-order chi connectivity index (χ0) is 23.7. The van der Waals surface area contributed by atoms with E-state index in [0.29, 0.717) is 6.04 Å². The molecule has 3 heterocycles. The van der Waals surface area contributed by atoms with Gasteiger partial charge in [-0.3, -0.25) is 0 Å². The number of para-hydroxylation sites is 1. The van der Waals surface area contributed by atoms with Gasteiger partial charge in [-0.15, -0.1) is 0 Å². The van der Waals surface area contributed by atoms with Gasteiger partial charge in [0, 0.05) is 46.5 Å². The number of H-pyrrole nitrogens is 1. The molecular formula is C27H32N5OP. The fourth-order valence-electron chi connectivity index (χ4n) is 4.75. The first-order valence-corrected chi connectivity index (χ1v) is 14.4. The molecule has 34 heavy (non-hydrogen) atoms. The standard InChI is InChI=1S/C27H32N5OP/c1-32-16-6-7-21(18-32)29-20-12-10-19(11-13-20)25-17-22-23(14-15-28-27(22)31-25)30-24-8-4-5-9-26(24)34(2,3)33/h4-5,8-15,17,21,29H,6-7,16,18H2,1-3H3,(H2,28,30,31). The Morgan fingerprint density at radius 2 is 1.85 bits per heavy atom. The van der Waals surface area contributed by atoms with Gasteiger partial charge in [0.2, 0.25) is 0 Å². The second-order valence-corrected chi connectivity index (χ2v) is 12.8. The summed E-state index contributed by atoms with van der Waals surface area (Å²) >= 11 is 0. The molecule has 4 aromatic rings. The number of pyridine rings is 1. The summed E-state index contributed by atoms with van der Waals surface area (Å²) in [6, 6.07) is 21.0. The van der Waals surface area contributed by atoms with E-state index >= 15 is 0 Å². The molecule has 1 aliphatic rings.